The molecule has 0 bridgehead atoms. The van der Waals surface area contributed by atoms with Crippen LogP contribution in [0.5, 0.6) is 0 Å². The van der Waals surface area contributed by atoms with Crippen LogP contribution < -0.4 is 5.73 Å². The zero-order valence-corrected chi connectivity index (χ0v) is 9.87. The molecule has 0 aliphatic rings. The number of pyridine rings is 1. The van der Waals surface area contributed by atoms with Gasteiger partial charge in [0.2, 0.25) is 0 Å². The molecule has 0 amide bonds. The van der Waals surface area contributed by atoms with Crippen molar-refractivity contribution in [1.82, 2.24) is 4.98 Å². The molecule has 1 aromatic heterocycles. The van der Waals surface area contributed by atoms with Crippen LogP contribution in [0.2, 0.25) is 0 Å². The van der Waals surface area contributed by atoms with Gasteiger partial charge in [-0.05, 0) is 12.1 Å². The van der Waals surface area contributed by atoms with Gasteiger partial charge in [-0.2, -0.15) is 0 Å². The van der Waals surface area contributed by atoms with E-state index in [4.69, 9.17) is 10.8 Å². The Balaban J connectivity index is 2.44. The van der Waals surface area contributed by atoms with Crippen molar-refractivity contribution in [3.63, 3.8) is 0 Å². The van der Waals surface area contributed by atoms with E-state index in [1.807, 2.05) is 25.1 Å². The second kappa shape index (κ2) is 4.72. The summed E-state index contributed by atoms with van der Waals surface area (Å²) in [5.74, 6) is 0. The van der Waals surface area contributed by atoms with E-state index < -0.39 is 0 Å². The van der Waals surface area contributed by atoms with Gasteiger partial charge in [-0.15, -0.1) is 11.8 Å². The molecule has 4 heteroatoms. The first-order valence-corrected chi connectivity index (χ1v) is 6.00. The molecule has 0 saturated heterocycles. The predicted octanol–water partition coefficient (Wildman–Crippen LogP) is 2.29. The number of benzene rings is 1. The summed E-state index contributed by atoms with van der Waals surface area (Å²) < 4.78 is 0. The van der Waals surface area contributed by atoms with Crippen molar-refractivity contribution in [2.24, 2.45) is 0 Å². The normalized spacial score (nSPS) is 12.9. The fourth-order valence-corrected chi connectivity index (χ4v) is 2.42. The molecule has 1 unspecified atom stereocenters. The maximum Gasteiger partial charge on any atom is 0.0550 e. The van der Waals surface area contributed by atoms with Gasteiger partial charge < -0.3 is 10.8 Å². The highest BCUT2D eigenvalue weighted by molar-refractivity contribution is 8.00. The van der Waals surface area contributed by atoms with Crippen molar-refractivity contribution in [3.05, 3.63) is 30.6 Å². The van der Waals surface area contributed by atoms with E-state index in [1.165, 1.54) is 0 Å². The van der Waals surface area contributed by atoms with Crippen molar-refractivity contribution in [2.45, 2.75) is 17.1 Å². The maximum atomic E-state index is 9.03. The molecule has 1 atom stereocenters. The van der Waals surface area contributed by atoms with Gasteiger partial charge in [-0.3, -0.25) is 4.98 Å². The average Bonchev–Trinajstić information content (AvgIpc) is 2.33. The van der Waals surface area contributed by atoms with Crippen molar-refractivity contribution in [1.29, 1.82) is 0 Å². The molecule has 1 aromatic carbocycles. The number of thioether (sulfide) groups is 1. The molecule has 0 spiro atoms. The van der Waals surface area contributed by atoms with Crippen LogP contribution in [0.25, 0.3) is 10.8 Å². The molecular weight excluding hydrogens is 220 g/mol. The third kappa shape index (κ3) is 2.13. The summed E-state index contributed by atoms with van der Waals surface area (Å²) in [6.07, 6.45) is 3.54. The van der Waals surface area contributed by atoms with Crippen LogP contribution >= 0.6 is 11.8 Å². The van der Waals surface area contributed by atoms with E-state index in [1.54, 1.807) is 24.2 Å². The quantitative estimate of drug-likeness (QED) is 0.632. The van der Waals surface area contributed by atoms with Crippen molar-refractivity contribution in [2.75, 3.05) is 12.3 Å². The van der Waals surface area contributed by atoms with Crippen LogP contribution in [0.3, 0.4) is 0 Å². The third-order valence-corrected chi connectivity index (χ3v) is 3.57. The lowest BCUT2D eigenvalue weighted by molar-refractivity contribution is 0.300. The third-order valence-electron chi connectivity index (χ3n) is 2.41. The smallest absolute Gasteiger partial charge is 0.0550 e. The zero-order chi connectivity index (χ0) is 11.5. The summed E-state index contributed by atoms with van der Waals surface area (Å²) in [6, 6.07) is 5.90. The first kappa shape index (κ1) is 11.2. The number of fused-ring (bicyclic) bond motifs is 1. The molecule has 3 N–H and O–H groups in total. The van der Waals surface area contributed by atoms with E-state index in [2.05, 4.69) is 4.98 Å². The van der Waals surface area contributed by atoms with Crippen LogP contribution in [-0.4, -0.2) is 21.9 Å². The Morgan fingerprint density at radius 2 is 2.25 bits per heavy atom. The average molecular weight is 234 g/mol. The summed E-state index contributed by atoms with van der Waals surface area (Å²) in [6.45, 7) is 2.12. The van der Waals surface area contributed by atoms with Crippen molar-refractivity contribution < 1.29 is 5.11 Å². The highest BCUT2D eigenvalue weighted by Gasteiger charge is 2.08. The Morgan fingerprint density at radius 1 is 1.44 bits per heavy atom. The van der Waals surface area contributed by atoms with Crippen LogP contribution in [0.4, 0.5) is 5.69 Å². The van der Waals surface area contributed by atoms with Gasteiger partial charge in [-0.25, -0.2) is 0 Å². The lowest BCUT2D eigenvalue weighted by Gasteiger charge is -2.11. The van der Waals surface area contributed by atoms with Crippen LogP contribution in [-0.2, 0) is 0 Å². The number of aliphatic hydroxyl groups excluding tert-OH is 1. The van der Waals surface area contributed by atoms with Crippen molar-refractivity contribution >= 4 is 28.2 Å². The SMILES string of the molecule is CC(CO)Sc1ccc2cnccc2c1N. The summed E-state index contributed by atoms with van der Waals surface area (Å²) in [5.41, 5.74) is 6.86. The topological polar surface area (TPSA) is 59.1 Å². The van der Waals surface area contributed by atoms with Crippen LogP contribution in [0, 0.1) is 0 Å². The van der Waals surface area contributed by atoms with Gasteiger partial charge in [0.15, 0.2) is 0 Å². The minimum atomic E-state index is 0.151. The maximum absolute atomic E-state index is 9.03. The molecule has 16 heavy (non-hydrogen) atoms. The second-order valence-corrected chi connectivity index (χ2v) is 5.17. The molecular formula is C12H14N2OS. The van der Waals surface area contributed by atoms with Crippen molar-refractivity contribution in [3.8, 4) is 0 Å². The number of hydrogen-bond donors (Lipinski definition) is 2. The molecule has 2 rings (SSSR count). The minimum Gasteiger partial charge on any atom is -0.397 e. The first-order valence-electron chi connectivity index (χ1n) is 5.12. The first-order chi connectivity index (χ1) is 7.72. The fourth-order valence-electron chi connectivity index (χ4n) is 1.53. The van der Waals surface area contributed by atoms with Gasteiger partial charge >= 0.3 is 0 Å². The number of nitrogens with two attached hydrogens (primary N) is 1. The Bertz CT molecular complexity index is 501. The Kier molecular flexibility index (Phi) is 3.31. The highest BCUT2D eigenvalue weighted by Crippen LogP contribution is 2.33. The summed E-state index contributed by atoms with van der Waals surface area (Å²) >= 11 is 1.59. The van der Waals surface area contributed by atoms with Crippen LogP contribution in [0.1, 0.15) is 6.92 Å². The summed E-state index contributed by atoms with van der Waals surface area (Å²) in [5, 5.41) is 11.2. The van der Waals surface area contributed by atoms with E-state index in [0.717, 1.165) is 21.4 Å². The van der Waals surface area contributed by atoms with Gasteiger partial charge in [0.25, 0.3) is 0 Å². The summed E-state index contributed by atoms with van der Waals surface area (Å²) in [7, 11) is 0. The number of hydrogen-bond acceptors (Lipinski definition) is 4. The van der Waals surface area contributed by atoms with Crippen LogP contribution in [0.15, 0.2) is 35.5 Å². The predicted molar refractivity (Wildman–Crippen MR) is 68.6 cm³/mol. The molecule has 84 valence electrons. The lowest BCUT2D eigenvalue weighted by atomic mass is 10.1. The van der Waals surface area contributed by atoms with E-state index in [-0.39, 0.29) is 11.9 Å². The molecule has 1 heterocycles. The van der Waals surface area contributed by atoms with Gasteiger partial charge in [0.05, 0.1) is 12.3 Å². The van der Waals surface area contributed by atoms with Gasteiger partial charge in [0.1, 0.15) is 0 Å². The minimum absolute atomic E-state index is 0.151. The van der Waals surface area contributed by atoms with Gasteiger partial charge in [-0.1, -0.05) is 13.0 Å². The Morgan fingerprint density at radius 3 is 3.00 bits per heavy atom. The van der Waals surface area contributed by atoms with E-state index in [0.29, 0.717) is 0 Å². The molecule has 3 nitrogen and oxygen atoms in total. The monoisotopic (exact) mass is 234 g/mol. The lowest BCUT2D eigenvalue weighted by Crippen LogP contribution is -2.02. The Hall–Kier alpha value is -1.26. The zero-order valence-electron chi connectivity index (χ0n) is 9.05. The summed E-state index contributed by atoms with van der Waals surface area (Å²) in [4.78, 5) is 5.07. The largest absolute Gasteiger partial charge is 0.397 e. The van der Waals surface area contributed by atoms with E-state index in [9.17, 15) is 0 Å². The highest BCUT2D eigenvalue weighted by atomic mass is 32.2. The van der Waals surface area contributed by atoms with Gasteiger partial charge in [0, 0.05) is 33.3 Å². The molecule has 0 fully saturated rings. The van der Waals surface area contributed by atoms with E-state index >= 15 is 0 Å². The number of nitrogens with zero attached hydrogens (tertiary/aromatic N) is 1. The number of anilines is 1. The molecule has 2 aromatic rings. The number of aromatic nitrogens is 1. The number of rotatable bonds is 3. The molecule has 0 aliphatic carbocycles. The second-order valence-electron chi connectivity index (χ2n) is 3.69. The molecule has 0 saturated carbocycles. The molecule has 0 aliphatic heterocycles. The fraction of sp³-hybridized carbons (Fsp3) is 0.250. The molecule has 0 radical (unpaired) electrons. The standard InChI is InChI=1S/C12H14N2OS/c1-8(7-15)16-11-3-2-9-6-14-5-4-10(9)12(11)13/h2-6,8,15H,7,13H2,1H3. The number of nitrogen functional groups attached to an aromatic ring is 1. The number of aliphatic hydroxyl groups is 1. The Labute approximate surface area is 98.7 Å².